The van der Waals surface area contributed by atoms with Crippen LogP contribution in [-0.4, -0.2) is 41.0 Å². The van der Waals surface area contributed by atoms with Gasteiger partial charge < -0.3 is 9.64 Å². The standard InChI is InChI=1S/C16H15F3N2O5/c1-9-6-7-12(14(22)26-2)20(15(23)16(17,18)19)13(9)10-4-3-5-11(8-10)21(24)25/h3-9,12-13H,1-2H3/t9-,12-,13-/m0/s1. The van der Waals surface area contributed by atoms with Gasteiger partial charge in [-0.3, -0.25) is 14.9 Å². The molecule has 0 fully saturated rings. The maximum atomic E-state index is 13.1. The van der Waals surface area contributed by atoms with Crippen molar-refractivity contribution in [1.82, 2.24) is 4.90 Å². The van der Waals surface area contributed by atoms with Crippen LogP contribution in [-0.2, 0) is 14.3 Å². The molecule has 1 aromatic carbocycles. The second-order valence-electron chi connectivity index (χ2n) is 5.72. The van der Waals surface area contributed by atoms with Crippen molar-refractivity contribution in [3.63, 3.8) is 0 Å². The summed E-state index contributed by atoms with van der Waals surface area (Å²) in [6, 6.07) is 2.14. The fraction of sp³-hybridized carbons (Fsp3) is 0.375. The van der Waals surface area contributed by atoms with E-state index in [1.165, 1.54) is 24.3 Å². The lowest BCUT2D eigenvalue weighted by molar-refractivity contribution is -0.385. The highest BCUT2D eigenvalue weighted by atomic mass is 19.4. The van der Waals surface area contributed by atoms with E-state index in [-0.39, 0.29) is 11.3 Å². The van der Waals surface area contributed by atoms with E-state index in [2.05, 4.69) is 4.74 Å². The number of ether oxygens (including phenoxy) is 1. The number of non-ortho nitro benzene ring substituents is 1. The van der Waals surface area contributed by atoms with Crippen molar-refractivity contribution in [2.45, 2.75) is 25.2 Å². The summed E-state index contributed by atoms with van der Waals surface area (Å²) in [6.07, 6.45) is -2.59. The van der Waals surface area contributed by atoms with Gasteiger partial charge in [0.2, 0.25) is 0 Å². The van der Waals surface area contributed by atoms with Crippen molar-refractivity contribution in [1.29, 1.82) is 0 Å². The van der Waals surface area contributed by atoms with Gasteiger partial charge in [0.1, 0.15) is 6.04 Å². The van der Waals surface area contributed by atoms with Crippen LogP contribution in [0.4, 0.5) is 18.9 Å². The largest absolute Gasteiger partial charge is 0.471 e. The van der Waals surface area contributed by atoms with Gasteiger partial charge in [-0.05, 0) is 11.5 Å². The first-order valence-corrected chi connectivity index (χ1v) is 7.48. The Balaban J connectivity index is 2.61. The summed E-state index contributed by atoms with van der Waals surface area (Å²) < 4.78 is 43.9. The van der Waals surface area contributed by atoms with E-state index in [0.717, 1.165) is 19.3 Å². The smallest absolute Gasteiger partial charge is 0.467 e. The fourth-order valence-electron chi connectivity index (χ4n) is 2.90. The van der Waals surface area contributed by atoms with E-state index in [4.69, 9.17) is 0 Å². The minimum atomic E-state index is -5.23. The van der Waals surface area contributed by atoms with Crippen molar-refractivity contribution in [2.24, 2.45) is 5.92 Å². The van der Waals surface area contributed by atoms with Gasteiger partial charge in [-0.15, -0.1) is 0 Å². The highest BCUT2D eigenvalue weighted by Gasteiger charge is 2.50. The van der Waals surface area contributed by atoms with Gasteiger partial charge in [0.05, 0.1) is 18.1 Å². The molecule has 26 heavy (non-hydrogen) atoms. The molecule has 140 valence electrons. The van der Waals surface area contributed by atoms with Crippen LogP contribution >= 0.6 is 0 Å². The number of rotatable bonds is 3. The number of esters is 1. The van der Waals surface area contributed by atoms with E-state index in [9.17, 15) is 32.9 Å². The predicted octanol–water partition coefficient (Wildman–Crippen LogP) is 2.77. The van der Waals surface area contributed by atoms with Gasteiger partial charge in [-0.1, -0.05) is 31.2 Å². The summed E-state index contributed by atoms with van der Waals surface area (Å²) in [5.41, 5.74) is -0.221. The molecule has 1 heterocycles. The normalized spacial score (nSPS) is 22.8. The first-order chi connectivity index (χ1) is 12.1. The van der Waals surface area contributed by atoms with Gasteiger partial charge in [0.15, 0.2) is 0 Å². The first kappa shape index (κ1) is 19.4. The molecule has 1 amide bonds. The molecule has 3 atom stereocenters. The Morgan fingerprint density at radius 3 is 2.46 bits per heavy atom. The molecular formula is C16H15F3N2O5. The Morgan fingerprint density at radius 1 is 1.27 bits per heavy atom. The Labute approximate surface area is 146 Å². The van der Waals surface area contributed by atoms with E-state index in [1.54, 1.807) is 6.92 Å². The second-order valence-corrected chi connectivity index (χ2v) is 5.72. The fourth-order valence-corrected chi connectivity index (χ4v) is 2.90. The Bertz CT molecular complexity index is 762. The minimum Gasteiger partial charge on any atom is -0.467 e. The molecular weight excluding hydrogens is 357 g/mol. The quantitative estimate of drug-likeness (QED) is 0.352. The second kappa shape index (κ2) is 7.14. The topological polar surface area (TPSA) is 89.8 Å². The van der Waals surface area contributed by atoms with Gasteiger partial charge in [-0.2, -0.15) is 13.2 Å². The lowest BCUT2D eigenvalue weighted by Gasteiger charge is -2.41. The number of methoxy groups -OCH3 is 1. The molecule has 0 saturated carbocycles. The molecule has 1 aromatic rings. The van der Waals surface area contributed by atoms with Crippen LogP contribution in [0.15, 0.2) is 36.4 Å². The highest BCUT2D eigenvalue weighted by Crippen LogP contribution is 2.39. The molecule has 1 aliphatic heterocycles. The molecule has 0 aromatic heterocycles. The molecule has 0 bridgehead atoms. The van der Waals surface area contributed by atoms with E-state index in [1.807, 2.05) is 0 Å². The van der Waals surface area contributed by atoms with Crippen LogP contribution < -0.4 is 0 Å². The third kappa shape index (κ3) is 3.68. The molecule has 0 spiro atoms. The third-order valence-corrected chi connectivity index (χ3v) is 4.04. The van der Waals surface area contributed by atoms with E-state index >= 15 is 0 Å². The van der Waals surface area contributed by atoms with Crippen molar-refractivity contribution in [3.8, 4) is 0 Å². The third-order valence-electron chi connectivity index (χ3n) is 4.04. The molecule has 1 aliphatic rings. The Hall–Kier alpha value is -2.91. The van der Waals surface area contributed by atoms with Crippen LogP contribution in [0.25, 0.3) is 0 Å². The first-order valence-electron chi connectivity index (χ1n) is 7.48. The molecule has 0 N–H and O–H groups in total. The number of carbonyl (C=O) groups excluding carboxylic acids is 2. The summed E-state index contributed by atoms with van der Waals surface area (Å²) in [5.74, 6) is -3.88. The zero-order valence-electron chi connectivity index (χ0n) is 13.8. The van der Waals surface area contributed by atoms with Gasteiger partial charge in [0.25, 0.3) is 5.69 Å². The number of nitro groups is 1. The molecule has 0 unspecified atom stereocenters. The average Bonchev–Trinajstić information content (AvgIpc) is 2.59. The van der Waals surface area contributed by atoms with Gasteiger partial charge in [-0.25, -0.2) is 4.79 Å². The minimum absolute atomic E-state index is 0.113. The summed E-state index contributed by atoms with van der Waals surface area (Å²) in [5, 5.41) is 11.0. The van der Waals surface area contributed by atoms with Crippen LogP contribution in [0.3, 0.4) is 0 Å². The number of amides is 1. The molecule has 2 rings (SSSR count). The number of halogens is 3. The van der Waals surface area contributed by atoms with Gasteiger partial charge >= 0.3 is 18.1 Å². The Morgan fingerprint density at radius 2 is 1.92 bits per heavy atom. The van der Waals surface area contributed by atoms with Crippen molar-refractivity contribution >= 4 is 17.6 Å². The Kier molecular flexibility index (Phi) is 5.33. The average molecular weight is 372 g/mol. The van der Waals surface area contributed by atoms with Crippen molar-refractivity contribution in [3.05, 3.63) is 52.1 Å². The number of alkyl halides is 3. The maximum absolute atomic E-state index is 13.1. The summed E-state index contributed by atoms with van der Waals surface area (Å²) >= 11 is 0. The summed E-state index contributed by atoms with van der Waals surface area (Å²) in [4.78, 5) is 34.6. The number of nitro benzene ring substituents is 1. The molecule has 10 heteroatoms. The van der Waals surface area contributed by atoms with Crippen LogP contribution in [0.5, 0.6) is 0 Å². The number of nitrogens with zero attached hydrogens (tertiary/aromatic N) is 2. The molecule has 7 nitrogen and oxygen atoms in total. The summed E-state index contributed by atoms with van der Waals surface area (Å²) in [6.45, 7) is 1.55. The zero-order valence-corrected chi connectivity index (χ0v) is 13.8. The SMILES string of the molecule is COC(=O)[C@@H]1C=C[C@H](C)[C@@H](c2cccc([N+](=O)[O-])c2)N1C(=O)C(F)(F)F. The van der Waals surface area contributed by atoms with Crippen LogP contribution in [0.2, 0.25) is 0 Å². The summed E-state index contributed by atoms with van der Waals surface area (Å²) in [7, 11) is 0.993. The number of carbonyl (C=O) groups is 2. The number of hydrogen-bond acceptors (Lipinski definition) is 5. The zero-order chi connectivity index (χ0) is 19.6. The predicted molar refractivity (Wildman–Crippen MR) is 82.8 cm³/mol. The van der Waals surface area contributed by atoms with Crippen LogP contribution in [0, 0.1) is 16.0 Å². The molecule has 0 aliphatic carbocycles. The number of hydrogen-bond donors (Lipinski definition) is 0. The van der Waals surface area contributed by atoms with E-state index < -0.39 is 41.0 Å². The molecule has 0 radical (unpaired) electrons. The lowest BCUT2D eigenvalue weighted by Crippen LogP contribution is -2.54. The monoisotopic (exact) mass is 372 g/mol. The van der Waals surface area contributed by atoms with Gasteiger partial charge in [0, 0.05) is 12.1 Å². The van der Waals surface area contributed by atoms with E-state index in [0.29, 0.717) is 4.90 Å². The van der Waals surface area contributed by atoms with Crippen molar-refractivity contribution in [2.75, 3.05) is 7.11 Å². The van der Waals surface area contributed by atoms with Crippen LogP contribution in [0.1, 0.15) is 18.5 Å². The lowest BCUT2D eigenvalue weighted by atomic mass is 9.87. The molecule has 0 saturated heterocycles. The maximum Gasteiger partial charge on any atom is 0.471 e. The highest BCUT2D eigenvalue weighted by molar-refractivity contribution is 5.89. The number of benzene rings is 1. The van der Waals surface area contributed by atoms with Crippen molar-refractivity contribution < 1.29 is 32.4 Å².